The number of hydrogen-bond acceptors (Lipinski definition) is 3. The van der Waals surface area contributed by atoms with Crippen LogP contribution in [0.5, 0.6) is 0 Å². The lowest BCUT2D eigenvalue weighted by Crippen LogP contribution is -2.33. The van der Waals surface area contributed by atoms with Gasteiger partial charge < -0.3 is 15.8 Å². The Kier molecular flexibility index (Phi) is 2.92. The van der Waals surface area contributed by atoms with Crippen molar-refractivity contribution < 1.29 is 27.6 Å². The van der Waals surface area contributed by atoms with Gasteiger partial charge in [0.1, 0.15) is 5.82 Å². The fourth-order valence-corrected chi connectivity index (χ4v) is 1.05. The molecule has 0 fully saturated rings. The van der Waals surface area contributed by atoms with E-state index in [1.807, 2.05) is 0 Å². The third kappa shape index (κ3) is 2.39. The van der Waals surface area contributed by atoms with Crippen molar-refractivity contribution in [2.45, 2.75) is 6.18 Å². The second-order valence-electron chi connectivity index (χ2n) is 2.83. The van der Waals surface area contributed by atoms with E-state index < -0.39 is 35.8 Å². The molecule has 3 nitrogen and oxygen atoms in total. The predicted molar refractivity (Wildman–Crippen MR) is 45.6 cm³/mol. The molecule has 0 amide bonds. The molecule has 1 aromatic rings. The predicted octanol–water partition coefficient (Wildman–Crippen LogP) is 0.107. The lowest BCUT2D eigenvalue weighted by atomic mass is 9.78. The topological polar surface area (TPSA) is 66.5 Å². The van der Waals surface area contributed by atoms with Crippen LogP contribution in [-0.2, 0) is 6.18 Å². The maximum atomic E-state index is 12.9. The Morgan fingerprint density at radius 3 is 2.13 bits per heavy atom. The minimum absolute atomic E-state index is 0.324. The highest BCUT2D eigenvalue weighted by molar-refractivity contribution is 6.60. The third-order valence-electron chi connectivity index (χ3n) is 1.76. The van der Waals surface area contributed by atoms with Crippen LogP contribution < -0.4 is 11.2 Å². The number of nitrogen functional groups attached to an aromatic ring is 1. The number of nitrogens with two attached hydrogens (primary N) is 1. The molecule has 0 heterocycles. The summed E-state index contributed by atoms with van der Waals surface area (Å²) in [6.07, 6.45) is -4.86. The monoisotopic (exact) mass is 223 g/mol. The van der Waals surface area contributed by atoms with Crippen molar-refractivity contribution in [2.24, 2.45) is 0 Å². The Morgan fingerprint density at radius 1 is 1.20 bits per heavy atom. The zero-order chi connectivity index (χ0) is 11.8. The standard InChI is InChI=1S/C7H6BF4NO2/c9-5-2-4(8(14)15)6(13)1-3(5)7(10,11)12/h1-2,14-15H,13H2. The average molecular weight is 223 g/mol. The van der Waals surface area contributed by atoms with Crippen LogP contribution >= 0.6 is 0 Å². The number of alkyl halides is 3. The molecule has 15 heavy (non-hydrogen) atoms. The maximum Gasteiger partial charge on any atom is 0.490 e. The SMILES string of the molecule is Nc1cc(C(F)(F)F)c(F)cc1B(O)O. The van der Waals surface area contributed by atoms with Crippen LogP contribution in [0.1, 0.15) is 5.56 Å². The minimum Gasteiger partial charge on any atom is -0.423 e. The van der Waals surface area contributed by atoms with E-state index in [1.165, 1.54) is 0 Å². The molecule has 0 unspecified atom stereocenters. The summed E-state index contributed by atoms with van der Waals surface area (Å²) < 4.78 is 49.3. The first-order valence-electron chi connectivity index (χ1n) is 3.75. The zero-order valence-electron chi connectivity index (χ0n) is 7.22. The molecule has 0 aliphatic heterocycles. The lowest BCUT2D eigenvalue weighted by molar-refractivity contribution is -0.139. The first kappa shape index (κ1) is 11.8. The quantitative estimate of drug-likeness (QED) is 0.359. The Hall–Kier alpha value is -1.28. The van der Waals surface area contributed by atoms with Crippen molar-refractivity contribution in [3.05, 3.63) is 23.5 Å². The summed E-state index contributed by atoms with van der Waals surface area (Å²) in [5, 5.41) is 17.3. The van der Waals surface area contributed by atoms with E-state index in [9.17, 15) is 17.6 Å². The van der Waals surface area contributed by atoms with Gasteiger partial charge in [0.25, 0.3) is 0 Å². The Labute approximate surface area is 82.3 Å². The van der Waals surface area contributed by atoms with Crippen molar-refractivity contribution >= 4 is 18.3 Å². The van der Waals surface area contributed by atoms with Crippen molar-refractivity contribution in [2.75, 3.05) is 5.73 Å². The fourth-order valence-electron chi connectivity index (χ4n) is 1.05. The van der Waals surface area contributed by atoms with Gasteiger partial charge in [-0.3, -0.25) is 0 Å². The molecule has 82 valence electrons. The number of halogens is 4. The van der Waals surface area contributed by atoms with Crippen LogP contribution in [-0.4, -0.2) is 17.2 Å². The summed E-state index contributed by atoms with van der Waals surface area (Å²) in [6.45, 7) is 0. The number of benzene rings is 1. The van der Waals surface area contributed by atoms with Crippen molar-refractivity contribution in [1.82, 2.24) is 0 Å². The van der Waals surface area contributed by atoms with Crippen LogP contribution in [0, 0.1) is 5.82 Å². The van der Waals surface area contributed by atoms with Gasteiger partial charge in [-0.15, -0.1) is 0 Å². The van der Waals surface area contributed by atoms with Gasteiger partial charge >= 0.3 is 13.3 Å². The van der Waals surface area contributed by atoms with Crippen molar-refractivity contribution in [3.8, 4) is 0 Å². The lowest BCUT2D eigenvalue weighted by Gasteiger charge is -2.11. The second-order valence-corrected chi connectivity index (χ2v) is 2.83. The summed E-state index contributed by atoms with van der Waals surface area (Å²) >= 11 is 0. The summed E-state index contributed by atoms with van der Waals surface area (Å²) in [5.74, 6) is -1.60. The van der Waals surface area contributed by atoms with E-state index in [2.05, 4.69) is 0 Å². The van der Waals surface area contributed by atoms with Crippen molar-refractivity contribution in [3.63, 3.8) is 0 Å². The summed E-state index contributed by atoms with van der Waals surface area (Å²) in [7, 11) is -2.11. The Morgan fingerprint density at radius 2 is 1.73 bits per heavy atom. The molecular formula is C7H6BF4NO2. The zero-order valence-corrected chi connectivity index (χ0v) is 7.22. The minimum atomic E-state index is -4.86. The molecule has 8 heteroatoms. The Bertz CT molecular complexity index is 380. The number of anilines is 1. The second kappa shape index (κ2) is 3.71. The van der Waals surface area contributed by atoms with Gasteiger partial charge in [-0.2, -0.15) is 13.2 Å². The van der Waals surface area contributed by atoms with Gasteiger partial charge in [-0.25, -0.2) is 4.39 Å². The molecule has 0 radical (unpaired) electrons. The van der Waals surface area contributed by atoms with Crippen LogP contribution in [0.25, 0.3) is 0 Å². The van der Waals surface area contributed by atoms with Gasteiger partial charge in [0.05, 0.1) is 5.56 Å². The largest absolute Gasteiger partial charge is 0.490 e. The highest BCUT2D eigenvalue weighted by atomic mass is 19.4. The highest BCUT2D eigenvalue weighted by Crippen LogP contribution is 2.31. The van der Waals surface area contributed by atoms with E-state index in [-0.39, 0.29) is 0 Å². The van der Waals surface area contributed by atoms with Crippen LogP contribution in [0.15, 0.2) is 12.1 Å². The summed E-state index contributed by atoms with van der Waals surface area (Å²) in [4.78, 5) is 0. The number of rotatable bonds is 1. The van der Waals surface area contributed by atoms with Gasteiger partial charge in [0.2, 0.25) is 0 Å². The van der Waals surface area contributed by atoms with Crippen LogP contribution in [0.3, 0.4) is 0 Å². The Balaban J connectivity index is 3.32. The van der Waals surface area contributed by atoms with E-state index in [0.717, 1.165) is 0 Å². The smallest absolute Gasteiger partial charge is 0.423 e. The molecule has 0 saturated carbocycles. The van der Waals surface area contributed by atoms with Gasteiger partial charge in [0.15, 0.2) is 0 Å². The first-order valence-corrected chi connectivity index (χ1v) is 3.75. The maximum absolute atomic E-state index is 12.9. The molecule has 0 aliphatic rings. The molecule has 0 aromatic heterocycles. The van der Waals surface area contributed by atoms with Gasteiger partial charge in [0, 0.05) is 11.2 Å². The molecule has 0 spiro atoms. The van der Waals surface area contributed by atoms with Gasteiger partial charge in [-0.05, 0) is 12.1 Å². The van der Waals surface area contributed by atoms with Crippen LogP contribution in [0.2, 0.25) is 0 Å². The summed E-state index contributed by atoms with van der Waals surface area (Å²) in [6, 6.07) is 0.674. The van der Waals surface area contributed by atoms with Crippen molar-refractivity contribution in [1.29, 1.82) is 0 Å². The fraction of sp³-hybridized carbons (Fsp3) is 0.143. The molecule has 0 atom stereocenters. The third-order valence-corrected chi connectivity index (χ3v) is 1.76. The molecule has 0 saturated heterocycles. The van der Waals surface area contributed by atoms with E-state index in [4.69, 9.17) is 15.8 Å². The molecule has 1 rings (SSSR count). The summed E-state index contributed by atoms with van der Waals surface area (Å²) in [5.41, 5.74) is 2.54. The molecule has 0 aliphatic carbocycles. The van der Waals surface area contributed by atoms with E-state index >= 15 is 0 Å². The molecule has 0 bridgehead atoms. The number of hydrogen-bond donors (Lipinski definition) is 3. The van der Waals surface area contributed by atoms with Crippen LogP contribution in [0.4, 0.5) is 23.2 Å². The average Bonchev–Trinajstić information content (AvgIpc) is 2.06. The van der Waals surface area contributed by atoms with E-state index in [1.54, 1.807) is 0 Å². The molecule has 1 aromatic carbocycles. The van der Waals surface area contributed by atoms with Gasteiger partial charge in [-0.1, -0.05) is 0 Å². The molecule has 4 N–H and O–H groups in total. The first-order chi connectivity index (χ1) is 6.73. The molecular weight excluding hydrogens is 217 g/mol. The van der Waals surface area contributed by atoms with E-state index in [0.29, 0.717) is 12.1 Å². The highest BCUT2D eigenvalue weighted by Gasteiger charge is 2.35. The normalized spacial score (nSPS) is 11.6.